The van der Waals surface area contributed by atoms with Crippen LogP contribution in [0.2, 0.25) is 0 Å². The molecule has 1 rings (SSSR count). The van der Waals surface area contributed by atoms with Gasteiger partial charge in [-0.05, 0) is 0 Å². The average molecular weight is 195 g/mol. The number of aliphatic hydroxyl groups excluding tert-OH is 1. The lowest BCUT2D eigenvalue weighted by molar-refractivity contribution is 0.311. The zero-order chi connectivity index (χ0) is 10.6. The van der Waals surface area contributed by atoms with Crippen LogP contribution >= 0.6 is 0 Å². The Morgan fingerprint density at radius 3 is 2.64 bits per heavy atom. The molecule has 0 saturated heterocycles. The summed E-state index contributed by atoms with van der Waals surface area (Å²) in [6, 6.07) is 1.91. The fraction of sp³-hybridized carbons (Fsp3) is 0.600. The number of nitrogens with one attached hydrogen (secondary N) is 1. The van der Waals surface area contributed by atoms with Gasteiger partial charge in [-0.3, -0.25) is 0 Å². The Morgan fingerprint density at radius 1 is 1.36 bits per heavy atom. The minimum atomic E-state index is 0.0264. The predicted octanol–water partition coefficient (Wildman–Crippen LogP) is 1.18. The van der Waals surface area contributed by atoms with E-state index >= 15 is 0 Å². The van der Waals surface area contributed by atoms with Crippen molar-refractivity contribution in [1.29, 1.82) is 0 Å². The normalized spacial score (nSPS) is 11.4. The van der Waals surface area contributed by atoms with E-state index in [0.29, 0.717) is 6.54 Å². The molecule has 0 aliphatic heterocycles. The first-order valence-corrected chi connectivity index (χ1v) is 4.71. The molecule has 0 aromatic carbocycles. The Morgan fingerprint density at radius 2 is 2.07 bits per heavy atom. The van der Waals surface area contributed by atoms with Gasteiger partial charge in [0.2, 0.25) is 0 Å². The maximum absolute atomic E-state index is 8.65. The van der Waals surface area contributed by atoms with Gasteiger partial charge in [0.25, 0.3) is 0 Å². The molecule has 0 radical (unpaired) electrons. The van der Waals surface area contributed by atoms with Crippen molar-refractivity contribution in [3.05, 3.63) is 18.1 Å². The molecule has 0 aliphatic rings. The van der Waals surface area contributed by atoms with Crippen LogP contribution in [0.25, 0.3) is 0 Å². The number of hydrogen-bond acceptors (Lipinski definition) is 4. The number of rotatable bonds is 3. The lowest BCUT2D eigenvalue weighted by atomic mass is 9.92. The van der Waals surface area contributed by atoms with Crippen molar-refractivity contribution in [3.8, 4) is 0 Å². The fourth-order valence-electron chi connectivity index (χ4n) is 1.05. The molecule has 0 amide bonds. The second kappa shape index (κ2) is 4.37. The Labute approximate surface area is 84.4 Å². The van der Waals surface area contributed by atoms with Crippen molar-refractivity contribution in [1.82, 2.24) is 9.97 Å². The number of aliphatic hydroxyl groups is 1. The van der Waals surface area contributed by atoms with Crippen molar-refractivity contribution in [2.45, 2.75) is 26.2 Å². The Kier molecular flexibility index (Phi) is 3.41. The van der Waals surface area contributed by atoms with Gasteiger partial charge in [0.1, 0.15) is 12.1 Å². The third-order valence-electron chi connectivity index (χ3n) is 1.85. The number of nitrogens with zero attached hydrogens (tertiary/aromatic N) is 2. The zero-order valence-electron chi connectivity index (χ0n) is 8.91. The van der Waals surface area contributed by atoms with Crippen LogP contribution in [0.4, 0.5) is 5.82 Å². The molecule has 0 spiro atoms. The van der Waals surface area contributed by atoms with Crippen LogP contribution in [0.3, 0.4) is 0 Å². The lowest BCUT2D eigenvalue weighted by Gasteiger charge is -2.17. The smallest absolute Gasteiger partial charge is 0.129 e. The third-order valence-corrected chi connectivity index (χ3v) is 1.85. The van der Waals surface area contributed by atoms with E-state index in [2.05, 4.69) is 36.1 Å². The summed E-state index contributed by atoms with van der Waals surface area (Å²) in [6.45, 7) is 6.93. The molecule has 1 aromatic rings. The molecule has 1 heterocycles. The van der Waals surface area contributed by atoms with Crippen LogP contribution in [0.15, 0.2) is 12.4 Å². The van der Waals surface area contributed by atoms with Gasteiger partial charge in [-0.25, -0.2) is 9.97 Å². The van der Waals surface area contributed by atoms with E-state index < -0.39 is 0 Å². The fourth-order valence-corrected chi connectivity index (χ4v) is 1.05. The molecule has 4 heteroatoms. The van der Waals surface area contributed by atoms with Crippen molar-refractivity contribution < 1.29 is 5.11 Å². The molecular formula is C10H17N3O. The summed E-state index contributed by atoms with van der Waals surface area (Å²) in [7, 11) is 0. The number of aromatic nitrogens is 2. The van der Waals surface area contributed by atoms with E-state index in [-0.39, 0.29) is 12.0 Å². The summed E-state index contributed by atoms with van der Waals surface area (Å²) in [5.74, 6) is 0.763. The van der Waals surface area contributed by atoms with Gasteiger partial charge < -0.3 is 10.4 Å². The topological polar surface area (TPSA) is 58.0 Å². The van der Waals surface area contributed by atoms with E-state index in [9.17, 15) is 0 Å². The Bertz CT molecular complexity index is 294. The van der Waals surface area contributed by atoms with Gasteiger partial charge in [-0.15, -0.1) is 0 Å². The SMILES string of the molecule is CC(C)(C)c1cc(NCCO)ncn1. The molecule has 0 aliphatic carbocycles. The molecule has 0 fully saturated rings. The van der Waals surface area contributed by atoms with Crippen LogP contribution in [-0.4, -0.2) is 28.2 Å². The van der Waals surface area contributed by atoms with Gasteiger partial charge in [0.15, 0.2) is 0 Å². The molecule has 2 N–H and O–H groups in total. The van der Waals surface area contributed by atoms with E-state index in [4.69, 9.17) is 5.11 Å². The molecule has 0 bridgehead atoms. The Hall–Kier alpha value is -1.16. The van der Waals surface area contributed by atoms with E-state index in [1.807, 2.05) is 6.07 Å². The van der Waals surface area contributed by atoms with Crippen molar-refractivity contribution in [3.63, 3.8) is 0 Å². The van der Waals surface area contributed by atoms with Crippen LogP contribution in [0.1, 0.15) is 26.5 Å². The molecule has 4 nitrogen and oxygen atoms in total. The van der Waals surface area contributed by atoms with Crippen LogP contribution in [-0.2, 0) is 5.41 Å². The highest BCUT2D eigenvalue weighted by Crippen LogP contribution is 2.20. The third kappa shape index (κ3) is 2.96. The lowest BCUT2D eigenvalue weighted by Crippen LogP contribution is -2.15. The second-order valence-electron chi connectivity index (χ2n) is 4.19. The maximum atomic E-state index is 8.65. The molecule has 0 atom stereocenters. The first-order valence-electron chi connectivity index (χ1n) is 4.71. The average Bonchev–Trinajstić information content (AvgIpc) is 2.14. The van der Waals surface area contributed by atoms with Crippen LogP contribution in [0, 0.1) is 0 Å². The quantitative estimate of drug-likeness (QED) is 0.760. The summed E-state index contributed by atoms with van der Waals surface area (Å²) < 4.78 is 0. The summed E-state index contributed by atoms with van der Waals surface area (Å²) in [6.07, 6.45) is 1.54. The number of anilines is 1. The van der Waals surface area contributed by atoms with Crippen molar-refractivity contribution in [2.24, 2.45) is 0 Å². The van der Waals surface area contributed by atoms with E-state index in [1.165, 1.54) is 0 Å². The first kappa shape index (κ1) is 10.9. The van der Waals surface area contributed by atoms with Crippen LogP contribution < -0.4 is 5.32 Å². The highest BCUT2D eigenvalue weighted by atomic mass is 16.3. The van der Waals surface area contributed by atoms with Crippen LogP contribution in [0.5, 0.6) is 0 Å². The molecule has 78 valence electrons. The predicted molar refractivity (Wildman–Crippen MR) is 56.3 cm³/mol. The van der Waals surface area contributed by atoms with Gasteiger partial charge in [0, 0.05) is 18.0 Å². The maximum Gasteiger partial charge on any atom is 0.129 e. The molecule has 1 aromatic heterocycles. The van der Waals surface area contributed by atoms with Crippen molar-refractivity contribution >= 4 is 5.82 Å². The summed E-state index contributed by atoms with van der Waals surface area (Å²) >= 11 is 0. The molecular weight excluding hydrogens is 178 g/mol. The highest BCUT2D eigenvalue weighted by molar-refractivity contribution is 5.36. The zero-order valence-corrected chi connectivity index (χ0v) is 8.91. The number of hydrogen-bond donors (Lipinski definition) is 2. The second-order valence-corrected chi connectivity index (χ2v) is 4.19. The van der Waals surface area contributed by atoms with E-state index in [1.54, 1.807) is 6.33 Å². The summed E-state index contributed by atoms with van der Waals surface area (Å²) in [5, 5.41) is 11.7. The summed E-state index contributed by atoms with van der Waals surface area (Å²) in [5.41, 5.74) is 1.02. The molecule has 0 saturated carbocycles. The van der Waals surface area contributed by atoms with Gasteiger partial charge in [0.05, 0.1) is 12.3 Å². The van der Waals surface area contributed by atoms with Crippen molar-refractivity contribution in [2.75, 3.05) is 18.5 Å². The summed E-state index contributed by atoms with van der Waals surface area (Å²) in [4.78, 5) is 8.26. The standard InChI is InChI=1S/C10H17N3O/c1-10(2,3)8-6-9(11-4-5-14)13-7-12-8/h6-7,14H,4-5H2,1-3H3,(H,11,12,13). The van der Waals surface area contributed by atoms with E-state index in [0.717, 1.165) is 11.5 Å². The Balaban J connectivity index is 2.79. The van der Waals surface area contributed by atoms with Gasteiger partial charge in [-0.2, -0.15) is 0 Å². The minimum Gasteiger partial charge on any atom is -0.395 e. The monoisotopic (exact) mass is 195 g/mol. The molecule has 14 heavy (non-hydrogen) atoms. The molecule has 0 unspecified atom stereocenters. The first-order chi connectivity index (χ1) is 6.54. The largest absolute Gasteiger partial charge is 0.395 e. The van der Waals surface area contributed by atoms with Gasteiger partial charge >= 0.3 is 0 Å². The highest BCUT2D eigenvalue weighted by Gasteiger charge is 2.15. The van der Waals surface area contributed by atoms with Gasteiger partial charge in [-0.1, -0.05) is 20.8 Å². The minimum absolute atomic E-state index is 0.0264.